The van der Waals surface area contributed by atoms with E-state index in [1.165, 1.54) is 0 Å². The summed E-state index contributed by atoms with van der Waals surface area (Å²) >= 11 is 0. The fraction of sp³-hybridized carbons (Fsp3) is 0.556. The van der Waals surface area contributed by atoms with Crippen molar-refractivity contribution in [1.82, 2.24) is 0 Å². The zero-order chi connectivity index (χ0) is 7.90. The Morgan fingerprint density at radius 3 is 2.82 bits per heavy atom. The highest BCUT2D eigenvalue weighted by atomic mass is 16.4. The maximum Gasteiger partial charge on any atom is 0.135 e. The van der Waals surface area contributed by atoms with Crippen LogP contribution in [0.1, 0.15) is 25.5 Å². The van der Waals surface area contributed by atoms with Crippen LogP contribution in [0.4, 0.5) is 0 Å². The van der Waals surface area contributed by atoms with E-state index in [0.717, 1.165) is 18.6 Å². The first kappa shape index (κ1) is 6.92. The molecule has 1 aliphatic carbocycles. The molecule has 0 atom stereocenters. The van der Waals surface area contributed by atoms with Crippen molar-refractivity contribution < 1.29 is 9.52 Å². The maximum absolute atomic E-state index is 9.85. The first-order valence-corrected chi connectivity index (χ1v) is 3.97. The second kappa shape index (κ2) is 2.11. The molecule has 0 aromatic carbocycles. The van der Waals surface area contributed by atoms with Crippen molar-refractivity contribution in [3.63, 3.8) is 0 Å². The van der Waals surface area contributed by atoms with Crippen molar-refractivity contribution in [1.29, 1.82) is 0 Å². The lowest BCUT2D eigenvalue weighted by atomic mass is 9.71. The van der Waals surface area contributed by atoms with Crippen LogP contribution in [0.15, 0.2) is 22.8 Å². The summed E-state index contributed by atoms with van der Waals surface area (Å²) in [7, 11) is 0. The molecule has 11 heavy (non-hydrogen) atoms. The summed E-state index contributed by atoms with van der Waals surface area (Å²) in [6.45, 7) is 2.14. The van der Waals surface area contributed by atoms with Crippen LogP contribution < -0.4 is 0 Å². The van der Waals surface area contributed by atoms with Gasteiger partial charge < -0.3 is 9.52 Å². The fourth-order valence-corrected chi connectivity index (χ4v) is 1.84. The average Bonchev–Trinajstić information content (AvgIpc) is 2.34. The van der Waals surface area contributed by atoms with Crippen LogP contribution in [0.2, 0.25) is 0 Å². The maximum atomic E-state index is 9.85. The van der Waals surface area contributed by atoms with Gasteiger partial charge in [0.25, 0.3) is 0 Å². The van der Waals surface area contributed by atoms with Gasteiger partial charge in [-0.3, -0.25) is 0 Å². The van der Waals surface area contributed by atoms with Gasteiger partial charge in [0, 0.05) is 0 Å². The molecule has 0 saturated heterocycles. The number of hydrogen-bond donors (Lipinski definition) is 1. The predicted molar refractivity (Wildman–Crippen MR) is 41.0 cm³/mol. The minimum absolute atomic E-state index is 0.630. The van der Waals surface area contributed by atoms with Crippen LogP contribution in [-0.2, 0) is 5.60 Å². The Hall–Kier alpha value is -0.760. The molecule has 2 nitrogen and oxygen atoms in total. The van der Waals surface area contributed by atoms with Crippen molar-refractivity contribution in [3.05, 3.63) is 24.2 Å². The van der Waals surface area contributed by atoms with Gasteiger partial charge in [0.2, 0.25) is 0 Å². The molecule has 1 saturated carbocycles. The molecule has 1 fully saturated rings. The van der Waals surface area contributed by atoms with E-state index in [4.69, 9.17) is 4.42 Å². The Labute approximate surface area is 65.8 Å². The molecule has 60 valence electrons. The smallest absolute Gasteiger partial charge is 0.135 e. The third kappa shape index (κ3) is 0.979. The molecule has 1 N–H and O–H groups in total. The highest BCUT2D eigenvalue weighted by Crippen LogP contribution is 2.45. The van der Waals surface area contributed by atoms with Gasteiger partial charge in [0.05, 0.1) is 6.26 Å². The second-order valence-corrected chi connectivity index (χ2v) is 3.52. The third-order valence-electron chi connectivity index (χ3n) is 2.35. The number of aliphatic hydroxyl groups is 1. The molecular weight excluding hydrogens is 140 g/mol. The van der Waals surface area contributed by atoms with E-state index in [1.54, 1.807) is 6.26 Å². The van der Waals surface area contributed by atoms with E-state index in [-0.39, 0.29) is 0 Å². The molecule has 0 amide bonds. The van der Waals surface area contributed by atoms with Gasteiger partial charge in [-0.1, -0.05) is 6.92 Å². The van der Waals surface area contributed by atoms with Gasteiger partial charge in [-0.15, -0.1) is 0 Å². The van der Waals surface area contributed by atoms with E-state index in [1.807, 2.05) is 12.1 Å². The normalized spacial score (nSPS) is 36.7. The SMILES string of the molecule is CC1CC(O)(c2ccco2)C1. The zero-order valence-corrected chi connectivity index (χ0v) is 6.58. The van der Waals surface area contributed by atoms with E-state index < -0.39 is 5.60 Å². The molecule has 1 aliphatic rings. The lowest BCUT2D eigenvalue weighted by Crippen LogP contribution is -2.39. The Kier molecular flexibility index (Phi) is 1.33. The standard InChI is InChI=1S/C9H12O2/c1-7-5-9(10,6-7)8-3-2-4-11-8/h2-4,7,10H,5-6H2,1H3. The summed E-state index contributed by atoms with van der Waals surface area (Å²) in [5.74, 6) is 1.35. The molecule has 0 radical (unpaired) electrons. The molecular formula is C9H12O2. The van der Waals surface area contributed by atoms with Gasteiger partial charge in [0.15, 0.2) is 0 Å². The molecule has 1 heterocycles. The molecule has 1 aromatic heterocycles. The molecule has 2 rings (SSSR count). The Bertz CT molecular complexity index is 232. The lowest BCUT2D eigenvalue weighted by molar-refractivity contribution is -0.0894. The molecule has 0 aliphatic heterocycles. The molecule has 0 spiro atoms. The monoisotopic (exact) mass is 152 g/mol. The van der Waals surface area contributed by atoms with E-state index in [2.05, 4.69) is 6.92 Å². The highest BCUT2D eigenvalue weighted by Gasteiger charge is 2.43. The first-order chi connectivity index (χ1) is 5.21. The van der Waals surface area contributed by atoms with Crippen molar-refractivity contribution in [3.8, 4) is 0 Å². The number of furan rings is 1. The summed E-state index contributed by atoms with van der Waals surface area (Å²) in [4.78, 5) is 0. The van der Waals surface area contributed by atoms with Gasteiger partial charge >= 0.3 is 0 Å². The van der Waals surface area contributed by atoms with Crippen LogP contribution in [0.3, 0.4) is 0 Å². The Morgan fingerprint density at radius 2 is 2.36 bits per heavy atom. The summed E-state index contributed by atoms with van der Waals surface area (Å²) in [6.07, 6.45) is 3.28. The quantitative estimate of drug-likeness (QED) is 0.666. The zero-order valence-electron chi connectivity index (χ0n) is 6.58. The topological polar surface area (TPSA) is 33.4 Å². The van der Waals surface area contributed by atoms with Crippen molar-refractivity contribution in [2.45, 2.75) is 25.4 Å². The second-order valence-electron chi connectivity index (χ2n) is 3.52. The van der Waals surface area contributed by atoms with Crippen molar-refractivity contribution >= 4 is 0 Å². The number of hydrogen-bond acceptors (Lipinski definition) is 2. The van der Waals surface area contributed by atoms with E-state index >= 15 is 0 Å². The minimum Gasteiger partial charge on any atom is -0.466 e. The van der Waals surface area contributed by atoms with Gasteiger partial charge in [0.1, 0.15) is 11.4 Å². The predicted octanol–water partition coefficient (Wildman–Crippen LogP) is 1.90. The van der Waals surface area contributed by atoms with E-state index in [0.29, 0.717) is 5.92 Å². The molecule has 2 heteroatoms. The Morgan fingerprint density at radius 1 is 1.64 bits per heavy atom. The van der Waals surface area contributed by atoms with Crippen LogP contribution in [0.5, 0.6) is 0 Å². The summed E-state index contributed by atoms with van der Waals surface area (Å²) < 4.78 is 5.14. The summed E-state index contributed by atoms with van der Waals surface area (Å²) in [5.41, 5.74) is -0.650. The third-order valence-corrected chi connectivity index (χ3v) is 2.35. The van der Waals surface area contributed by atoms with Crippen molar-refractivity contribution in [2.75, 3.05) is 0 Å². The highest BCUT2D eigenvalue weighted by molar-refractivity contribution is 5.13. The first-order valence-electron chi connectivity index (χ1n) is 3.97. The largest absolute Gasteiger partial charge is 0.466 e. The number of rotatable bonds is 1. The molecule has 0 unspecified atom stereocenters. The van der Waals surface area contributed by atoms with Crippen molar-refractivity contribution in [2.24, 2.45) is 5.92 Å². The molecule has 1 aromatic rings. The molecule has 0 bridgehead atoms. The van der Waals surface area contributed by atoms with Crippen LogP contribution in [-0.4, -0.2) is 5.11 Å². The lowest BCUT2D eigenvalue weighted by Gasteiger charge is -2.40. The fourth-order valence-electron chi connectivity index (χ4n) is 1.84. The summed E-state index contributed by atoms with van der Waals surface area (Å²) in [5, 5.41) is 9.85. The van der Waals surface area contributed by atoms with Crippen LogP contribution in [0, 0.1) is 5.92 Å². The van der Waals surface area contributed by atoms with Crippen LogP contribution >= 0.6 is 0 Å². The Balaban J connectivity index is 2.18. The minimum atomic E-state index is -0.650. The van der Waals surface area contributed by atoms with Crippen LogP contribution in [0.25, 0.3) is 0 Å². The van der Waals surface area contributed by atoms with Gasteiger partial charge in [-0.2, -0.15) is 0 Å². The summed E-state index contributed by atoms with van der Waals surface area (Å²) in [6, 6.07) is 3.65. The van der Waals surface area contributed by atoms with E-state index in [9.17, 15) is 5.11 Å². The average molecular weight is 152 g/mol. The van der Waals surface area contributed by atoms with Gasteiger partial charge in [-0.05, 0) is 30.9 Å². The van der Waals surface area contributed by atoms with Gasteiger partial charge in [-0.25, -0.2) is 0 Å².